The molecule has 1 heterocycles. The van der Waals surface area contributed by atoms with Gasteiger partial charge >= 0.3 is 0 Å². The zero-order valence-electron chi connectivity index (χ0n) is 11.1. The summed E-state index contributed by atoms with van der Waals surface area (Å²) in [6.07, 6.45) is 5.44. The lowest BCUT2D eigenvalue weighted by molar-refractivity contribution is 0.0646. The number of hydrogen-bond donors (Lipinski definition) is 1. The van der Waals surface area contributed by atoms with Crippen molar-refractivity contribution in [3.05, 3.63) is 29.6 Å². The smallest absolute Gasteiger partial charge is 0.272 e. The highest BCUT2D eigenvalue weighted by Crippen LogP contribution is 2.24. The number of carbonyl (C=O) groups is 1. The third kappa shape index (κ3) is 3.33. The summed E-state index contributed by atoms with van der Waals surface area (Å²) in [6, 6.07) is 3.87. The molecule has 1 fully saturated rings. The van der Waals surface area contributed by atoms with Gasteiger partial charge in [-0.05, 0) is 31.4 Å². The molecule has 0 spiro atoms. The fourth-order valence-corrected chi connectivity index (χ4v) is 1.94. The zero-order chi connectivity index (χ0) is 13.7. The van der Waals surface area contributed by atoms with Gasteiger partial charge in [0.25, 0.3) is 5.91 Å². The van der Waals surface area contributed by atoms with Crippen molar-refractivity contribution in [2.24, 2.45) is 0 Å². The van der Waals surface area contributed by atoms with E-state index in [9.17, 15) is 4.79 Å². The molecule has 1 aliphatic carbocycles. The molecule has 0 unspecified atom stereocenters. The molecule has 1 aliphatic rings. The van der Waals surface area contributed by atoms with E-state index in [0.29, 0.717) is 18.2 Å². The van der Waals surface area contributed by atoms with Crippen molar-refractivity contribution in [3.8, 4) is 11.8 Å². The lowest BCUT2D eigenvalue weighted by atomic mass is 9.92. The summed E-state index contributed by atoms with van der Waals surface area (Å²) in [6.45, 7) is 0.0587. The van der Waals surface area contributed by atoms with Crippen LogP contribution in [-0.2, 0) is 0 Å². The number of aliphatic hydroxyl groups excluding tert-OH is 1. The van der Waals surface area contributed by atoms with Crippen LogP contribution in [-0.4, -0.2) is 40.6 Å². The Kier molecular flexibility index (Phi) is 4.53. The third-order valence-corrected chi connectivity index (χ3v) is 3.39. The van der Waals surface area contributed by atoms with Gasteiger partial charge in [0.05, 0.1) is 6.61 Å². The van der Waals surface area contributed by atoms with Crippen LogP contribution in [0.2, 0.25) is 0 Å². The predicted octanol–water partition coefficient (Wildman–Crippen LogP) is 1.44. The Hall–Kier alpha value is -1.86. The molecule has 4 heteroatoms. The second kappa shape index (κ2) is 6.35. The van der Waals surface area contributed by atoms with E-state index < -0.39 is 0 Å². The lowest BCUT2D eigenvalue weighted by Gasteiger charge is -2.34. The standard InChI is InChI=1S/C15H18N2O2/c1-17(13-6-4-7-13)15(19)14-9-8-12(11-16-14)5-2-3-10-18/h8-9,11,13,18H,3-4,6-7,10H2,1H3. The van der Waals surface area contributed by atoms with Gasteiger partial charge in [-0.15, -0.1) is 0 Å². The Labute approximate surface area is 113 Å². The summed E-state index contributed by atoms with van der Waals surface area (Å²) >= 11 is 0. The SMILES string of the molecule is CN(C(=O)c1ccc(C#CCCO)cn1)C1CCC1. The first kappa shape index (κ1) is 13.6. The van der Waals surface area contributed by atoms with Gasteiger partial charge in [0.2, 0.25) is 0 Å². The molecule has 0 saturated heterocycles. The molecule has 0 atom stereocenters. The summed E-state index contributed by atoms with van der Waals surface area (Å²) < 4.78 is 0. The summed E-state index contributed by atoms with van der Waals surface area (Å²) in [5.74, 6) is 5.68. The second-order valence-electron chi connectivity index (χ2n) is 4.71. The van der Waals surface area contributed by atoms with Gasteiger partial charge in [-0.3, -0.25) is 4.79 Å². The maximum absolute atomic E-state index is 12.1. The van der Waals surface area contributed by atoms with E-state index in [2.05, 4.69) is 16.8 Å². The average molecular weight is 258 g/mol. The van der Waals surface area contributed by atoms with Crippen molar-refractivity contribution in [1.82, 2.24) is 9.88 Å². The highest BCUT2D eigenvalue weighted by atomic mass is 16.2. The zero-order valence-corrected chi connectivity index (χ0v) is 11.1. The number of carbonyl (C=O) groups excluding carboxylic acids is 1. The number of aromatic nitrogens is 1. The number of pyridine rings is 1. The molecule has 19 heavy (non-hydrogen) atoms. The van der Waals surface area contributed by atoms with Gasteiger partial charge in [-0.2, -0.15) is 0 Å². The molecule has 0 aliphatic heterocycles. The normalized spacial score (nSPS) is 14.2. The topological polar surface area (TPSA) is 53.4 Å². The van der Waals surface area contributed by atoms with Crippen molar-refractivity contribution in [1.29, 1.82) is 0 Å². The van der Waals surface area contributed by atoms with Crippen LogP contribution in [0, 0.1) is 11.8 Å². The predicted molar refractivity (Wildman–Crippen MR) is 72.6 cm³/mol. The number of aliphatic hydroxyl groups is 1. The molecule has 1 saturated carbocycles. The van der Waals surface area contributed by atoms with E-state index in [1.165, 1.54) is 6.42 Å². The summed E-state index contributed by atoms with van der Waals surface area (Å²) in [5.41, 5.74) is 1.22. The van der Waals surface area contributed by atoms with E-state index in [4.69, 9.17) is 5.11 Å². The fourth-order valence-electron chi connectivity index (χ4n) is 1.94. The molecule has 1 N–H and O–H groups in total. The fraction of sp³-hybridized carbons (Fsp3) is 0.467. The number of hydrogen-bond acceptors (Lipinski definition) is 3. The first-order chi connectivity index (χ1) is 9.22. The minimum absolute atomic E-state index is 0.0282. The van der Waals surface area contributed by atoms with E-state index in [1.54, 1.807) is 23.2 Å². The first-order valence-electron chi connectivity index (χ1n) is 6.55. The minimum atomic E-state index is -0.0282. The largest absolute Gasteiger partial charge is 0.395 e. The van der Waals surface area contributed by atoms with E-state index in [1.807, 2.05) is 7.05 Å². The lowest BCUT2D eigenvalue weighted by Crippen LogP contribution is -2.41. The van der Waals surface area contributed by atoms with Crippen LogP contribution in [0.4, 0.5) is 0 Å². The van der Waals surface area contributed by atoms with Gasteiger partial charge in [0.1, 0.15) is 5.69 Å². The molecule has 1 aromatic rings. The Bertz CT molecular complexity index is 495. The highest BCUT2D eigenvalue weighted by Gasteiger charge is 2.26. The maximum atomic E-state index is 12.1. The monoisotopic (exact) mass is 258 g/mol. The number of amides is 1. The van der Waals surface area contributed by atoms with Crippen molar-refractivity contribution in [2.75, 3.05) is 13.7 Å². The van der Waals surface area contributed by atoms with Crippen LogP contribution >= 0.6 is 0 Å². The molecule has 4 nitrogen and oxygen atoms in total. The van der Waals surface area contributed by atoms with Crippen LogP contribution in [0.5, 0.6) is 0 Å². The minimum Gasteiger partial charge on any atom is -0.395 e. The van der Waals surface area contributed by atoms with Gasteiger partial charge in [-0.25, -0.2) is 4.98 Å². The van der Waals surface area contributed by atoms with Crippen LogP contribution in [0.1, 0.15) is 41.7 Å². The Balaban J connectivity index is 2.01. The van der Waals surface area contributed by atoms with E-state index in [-0.39, 0.29) is 12.5 Å². The summed E-state index contributed by atoms with van der Waals surface area (Å²) in [4.78, 5) is 18.1. The second-order valence-corrected chi connectivity index (χ2v) is 4.71. The van der Waals surface area contributed by atoms with Crippen LogP contribution in [0.3, 0.4) is 0 Å². The molecule has 100 valence electrons. The van der Waals surface area contributed by atoms with Gasteiger partial charge in [0, 0.05) is 31.3 Å². The van der Waals surface area contributed by atoms with E-state index in [0.717, 1.165) is 18.4 Å². The first-order valence-corrected chi connectivity index (χ1v) is 6.55. The van der Waals surface area contributed by atoms with Crippen molar-refractivity contribution in [3.63, 3.8) is 0 Å². The highest BCUT2D eigenvalue weighted by molar-refractivity contribution is 5.92. The average Bonchev–Trinajstić information content (AvgIpc) is 2.37. The quantitative estimate of drug-likeness (QED) is 0.835. The molecule has 2 rings (SSSR count). The molecule has 1 aromatic heterocycles. The van der Waals surface area contributed by atoms with Gasteiger partial charge < -0.3 is 10.0 Å². The Morgan fingerprint density at radius 3 is 2.84 bits per heavy atom. The molecule has 1 amide bonds. The van der Waals surface area contributed by atoms with Gasteiger partial charge in [0.15, 0.2) is 0 Å². The van der Waals surface area contributed by atoms with Crippen molar-refractivity contribution in [2.45, 2.75) is 31.7 Å². The Morgan fingerprint density at radius 1 is 1.53 bits per heavy atom. The molecular weight excluding hydrogens is 240 g/mol. The van der Waals surface area contributed by atoms with Crippen molar-refractivity contribution >= 4 is 5.91 Å². The molecular formula is C15H18N2O2. The summed E-state index contributed by atoms with van der Waals surface area (Å²) in [5, 5.41) is 8.63. The van der Waals surface area contributed by atoms with Crippen LogP contribution in [0.25, 0.3) is 0 Å². The third-order valence-electron chi connectivity index (χ3n) is 3.39. The maximum Gasteiger partial charge on any atom is 0.272 e. The van der Waals surface area contributed by atoms with E-state index >= 15 is 0 Å². The molecule has 0 radical (unpaired) electrons. The van der Waals surface area contributed by atoms with Crippen molar-refractivity contribution < 1.29 is 9.90 Å². The number of nitrogens with zero attached hydrogens (tertiary/aromatic N) is 2. The molecule has 0 bridgehead atoms. The van der Waals surface area contributed by atoms with Crippen LogP contribution in [0.15, 0.2) is 18.3 Å². The Morgan fingerprint density at radius 2 is 2.32 bits per heavy atom. The number of rotatable bonds is 3. The molecule has 0 aromatic carbocycles. The summed E-state index contributed by atoms with van der Waals surface area (Å²) in [7, 11) is 1.84. The van der Waals surface area contributed by atoms with Crippen LogP contribution < -0.4 is 0 Å². The van der Waals surface area contributed by atoms with Gasteiger partial charge in [-0.1, -0.05) is 11.8 Å².